The fourth-order valence-corrected chi connectivity index (χ4v) is 3.65. The Morgan fingerprint density at radius 2 is 1.68 bits per heavy atom. The zero-order valence-electron chi connectivity index (χ0n) is 12.4. The van der Waals surface area contributed by atoms with Crippen LogP contribution < -0.4 is 5.73 Å². The minimum Gasteiger partial charge on any atom is -0.341 e. The van der Waals surface area contributed by atoms with E-state index in [2.05, 4.69) is 18.7 Å². The third-order valence-corrected chi connectivity index (χ3v) is 5.40. The second kappa shape index (κ2) is 6.45. The average Bonchev–Trinajstić information content (AvgIpc) is 2.84. The maximum atomic E-state index is 12.6. The van der Waals surface area contributed by atoms with Crippen LogP contribution in [0, 0.1) is 5.41 Å². The van der Waals surface area contributed by atoms with E-state index in [4.69, 9.17) is 5.73 Å². The molecule has 19 heavy (non-hydrogen) atoms. The van der Waals surface area contributed by atoms with Crippen molar-refractivity contribution in [1.82, 2.24) is 4.90 Å². The highest BCUT2D eigenvalue weighted by Crippen LogP contribution is 2.38. The SMILES string of the molecule is CCC1(CC)CCN(C(=O)C2(N)CCCCC2)C1.Cl. The second-order valence-electron chi connectivity index (χ2n) is 6.40. The standard InChI is InChI=1S/C15H28N2O.ClH/c1-3-14(4-2)10-11-17(12-14)13(18)15(16)8-6-5-7-9-15;/h3-12,16H2,1-2H3;1H. The first kappa shape index (κ1) is 16.8. The maximum Gasteiger partial charge on any atom is 0.242 e. The molecule has 0 atom stereocenters. The van der Waals surface area contributed by atoms with Crippen LogP contribution in [0.3, 0.4) is 0 Å². The number of likely N-dealkylation sites (tertiary alicyclic amines) is 1. The van der Waals surface area contributed by atoms with Gasteiger partial charge < -0.3 is 10.6 Å². The fraction of sp³-hybridized carbons (Fsp3) is 0.933. The summed E-state index contributed by atoms with van der Waals surface area (Å²) < 4.78 is 0. The minimum absolute atomic E-state index is 0. The monoisotopic (exact) mass is 288 g/mol. The fourth-order valence-electron chi connectivity index (χ4n) is 3.65. The Morgan fingerprint density at radius 3 is 2.16 bits per heavy atom. The molecule has 2 N–H and O–H groups in total. The van der Waals surface area contributed by atoms with Crippen molar-refractivity contribution >= 4 is 18.3 Å². The van der Waals surface area contributed by atoms with Crippen molar-refractivity contribution in [3.05, 3.63) is 0 Å². The summed E-state index contributed by atoms with van der Waals surface area (Å²) in [5.41, 5.74) is 6.18. The van der Waals surface area contributed by atoms with Gasteiger partial charge in [-0.15, -0.1) is 12.4 Å². The van der Waals surface area contributed by atoms with Crippen LogP contribution in [-0.4, -0.2) is 29.4 Å². The van der Waals surface area contributed by atoms with Gasteiger partial charge in [0.1, 0.15) is 0 Å². The summed E-state index contributed by atoms with van der Waals surface area (Å²) in [4.78, 5) is 14.7. The molecule has 1 aliphatic carbocycles. The number of amides is 1. The van der Waals surface area contributed by atoms with Gasteiger partial charge in [0.2, 0.25) is 5.91 Å². The Morgan fingerprint density at radius 1 is 1.11 bits per heavy atom. The van der Waals surface area contributed by atoms with Crippen molar-refractivity contribution in [3.8, 4) is 0 Å². The van der Waals surface area contributed by atoms with Gasteiger partial charge in [-0.3, -0.25) is 4.79 Å². The summed E-state index contributed by atoms with van der Waals surface area (Å²) in [6, 6.07) is 0. The quantitative estimate of drug-likeness (QED) is 0.867. The van der Waals surface area contributed by atoms with E-state index in [9.17, 15) is 4.79 Å². The van der Waals surface area contributed by atoms with E-state index >= 15 is 0 Å². The second-order valence-corrected chi connectivity index (χ2v) is 6.40. The Labute approximate surface area is 123 Å². The lowest BCUT2D eigenvalue weighted by molar-refractivity contribution is -0.137. The number of carbonyl (C=O) groups is 1. The predicted molar refractivity (Wildman–Crippen MR) is 81.5 cm³/mol. The highest BCUT2D eigenvalue weighted by Gasteiger charge is 2.44. The molecule has 1 aliphatic heterocycles. The Balaban J connectivity index is 0.00000180. The normalized spacial score (nSPS) is 24.9. The third kappa shape index (κ3) is 3.25. The number of rotatable bonds is 3. The summed E-state index contributed by atoms with van der Waals surface area (Å²) >= 11 is 0. The van der Waals surface area contributed by atoms with Crippen LogP contribution in [0.15, 0.2) is 0 Å². The van der Waals surface area contributed by atoms with E-state index in [0.29, 0.717) is 5.41 Å². The zero-order valence-corrected chi connectivity index (χ0v) is 13.2. The summed E-state index contributed by atoms with van der Waals surface area (Å²) in [6.07, 6.45) is 8.73. The molecule has 2 fully saturated rings. The molecule has 1 heterocycles. The highest BCUT2D eigenvalue weighted by molar-refractivity contribution is 5.86. The van der Waals surface area contributed by atoms with Crippen LogP contribution in [0.2, 0.25) is 0 Å². The molecule has 0 radical (unpaired) electrons. The lowest BCUT2D eigenvalue weighted by Crippen LogP contribution is -2.56. The van der Waals surface area contributed by atoms with Crippen molar-refractivity contribution in [3.63, 3.8) is 0 Å². The van der Waals surface area contributed by atoms with Gasteiger partial charge in [0, 0.05) is 13.1 Å². The third-order valence-electron chi connectivity index (χ3n) is 5.40. The number of nitrogens with two attached hydrogens (primary N) is 1. The molecule has 2 rings (SSSR count). The molecule has 112 valence electrons. The number of carbonyl (C=O) groups excluding carboxylic acids is 1. The van der Waals surface area contributed by atoms with Crippen LogP contribution in [0.1, 0.15) is 65.2 Å². The highest BCUT2D eigenvalue weighted by atomic mass is 35.5. The minimum atomic E-state index is -0.546. The van der Waals surface area contributed by atoms with E-state index in [0.717, 1.165) is 45.2 Å². The van der Waals surface area contributed by atoms with Gasteiger partial charge in [0.25, 0.3) is 0 Å². The van der Waals surface area contributed by atoms with E-state index in [-0.39, 0.29) is 18.3 Å². The molecule has 0 aromatic carbocycles. The number of hydrogen-bond acceptors (Lipinski definition) is 2. The molecule has 1 saturated carbocycles. The summed E-state index contributed by atoms with van der Waals surface area (Å²) in [6.45, 7) is 6.34. The van der Waals surface area contributed by atoms with Crippen LogP contribution in [-0.2, 0) is 4.79 Å². The van der Waals surface area contributed by atoms with Gasteiger partial charge in [0.15, 0.2) is 0 Å². The van der Waals surface area contributed by atoms with Crippen molar-refractivity contribution < 1.29 is 4.79 Å². The zero-order chi connectivity index (χ0) is 13.2. The lowest BCUT2D eigenvalue weighted by Gasteiger charge is -2.36. The average molecular weight is 289 g/mol. The molecule has 0 bridgehead atoms. The van der Waals surface area contributed by atoms with Crippen molar-refractivity contribution in [2.75, 3.05) is 13.1 Å². The van der Waals surface area contributed by atoms with E-state index in [1.165, 1.54) is 19.3 Å². The molecule has 1 amide bonds. The van der Waals surface area contributed by atoms with Crippen LogP contribution in [0.5, 0.6) is 0 Å². The summed E-state index contributed by atoms with van der Waals surface area (Å²) in [5, 5.41) is 0. The predicted octanol–water partition coefficient (Wildman–Crippen LogP) is 3.11. The van der Waals surface area contributed by atoms with E-state index < -0.39 is 5.54 Å². The molecular formula is C15H29ClN2O. The smallest absolute Gasteiger partial charge is 0.242 e. The van der Waals surface area contributed by atoms with Crippen LogP contribution in [0.4, 0.5) is 0 Å². The molecule has 0 spiro atoms. The summed E-state index contributed by atoms with van der Waals surface area (Å²) in [7, 11) is 0. The van der Waals surface area contributed by atoms with E-state index in [1.807, 2.05) is 0 Å². The summed E-state index contributed by atoms with van der Waals surface area (Å²) in [5.74, 6) is 0.228. The first-order valence-electron chi connectivity index (χ1n) is 7.63. The van der Waals surface area contributed by atoms with Gasteiger partial charge in [-0.2, -0.15) is 0 Å². The molecule has 3 nitrogen and oxygen atoms in total. The maximum absolute atomic E-state index is 12.6. The molecule has 0 aromatic rings. The van der Waals surface area contributed by atoms with Crippen molar-refractivity contribution in [2.45, 2.75) is 70.8 Å². The van der Waals surface area contributed by atoms with Crippen molar-refractivity contribution in [1.29, 1.82) is 0 Å². The first-order chi connectivity index (χ1) is 8.55. The Hall–Kier alpha value is -0.280. The molecule has 0 aromatic heterocycles. The topological polar surface area (TPSA) is 46.3 Å². The molecule has 4 heteroatoms. The molecular weight excluding hydrogens is 260 g/mol. The first-order valence-corrected chi connectivity index (χ1v) is 7.63. The van der Waals surface area contributed by atoms with Crippen LogP contribution in [0.25, 0.3) is 0 Å². The van der Waals surface area contributed by atoms with E-state index in [1.54, 1.807) is 0 Å². The number of halogens is 1. The number of hydrogen-bond donors (Lipinski definition) is 1. The number of nitrogens with zero attached hydrogens (tertiary/aromatic N) is 1. The molecule has 2 aliphatic rings. The van der Waals surface area contributed by atoms with Crippen LogP contribution >= 0.6 is 12.4 Å². The van der Waals surface area contributed by atoms with Gasteiger partial charge in [-0.25, -0.2) is 0 Å². The Bertz CT molecular complexity index is 309. The largest absolute Gasteiger partial charge is 0.341 e. The van der Waals surface area contributed by atoms with Gasteiger partial charge >= 0.3 is 0 Å². The van der Waals surface area contributed by atoms with Crippen molar-refractivity contribution in [2.24, 2.45) is 11.1 Å². The van der Waals surface area contributed by atoms with Gasteiger partial charge in [-0.05, 0) is 37.5 Å². The Kier molecular flexibility index (Phi) is 5.69. The molecule has 0 unspecified atom stereocenters. The lowest BCUT2D eigenvalue weighted by atomic mass is 9.80. The molecule has 1 saturated heterocycles. The van der Waals surface area contributed by atoms with Gasteiger partial charge in [0.05, 0.1) is 5.54 Å². The van der Waals surface area contributed by atoms with Gasteiger partial charge in [-0.1, -0.05) is 33.1 Å².